The highest BCUT2D eigenvalue weighted by Gasteiger charge is 2.15. The van der Waals surface area contributed by atoms with Gasteiger partial charge in [0, 0.05) is 16.0 Å². The van der Waals surface area contributed by atoms with Gasteiger partial charge in [-0.15, -0.1) is 0 Å². The lowest BCUT2D eigenvalue weighted by molar-refractivity contribution is -0.139. The number of carboxylic acid groups (broad SMARTS) is 1. The van der Waals surface area contributed by atoms with Gasteiger partial charge in [-0.3, -0.25) is 0 Å². The number of carbonyl (C=O) groups is 1. The number of hydrogen-bond donors (Lipinski definition) is 1. The molecule has 0 heterocycles. The molecule has 0 aliphatic heterocycles. The summed E-state index contributed by atoms with van der Waals surface area (Å²) in [5.74, 6) is 0.891. The van der Waals surface area contributed by atoms with Crippen molar-refractivity contribution in [2.45, 2.75) is 53.7 Å². The minimum Gasteiger partial charge on any atom is -0.493 e. The van der Waals surface area contributed by atoms with Crippen molar-refractivity contribution in [3.8, 4) is 22.6 Å². The van der Waals surface area contributed by atoms with E-state index in [0.29, 0.717) is 18.3 Å². The minimum atomic E-state index is -3.27. The lowest BCUT2D eigenvalue weighted by atomic mass is 9.90. The third kappa shape index (κ3) is 7.76. The van der Waals surface area contributed by atoms with E-state index >= 15 is 0 Å². The Hall–Kier alpha value is -2.97. The molecule has 6 nitrogen and oxygen atoms in total. The molecule has 0 aromatic heterocycles. The largest absolute Gasteiger partial charge is 0.493 e. The van der Waals surface area contributed by atoms with Crippen LogP contribution in [0.5, 0.6) is 11.5 Å². The molecule has 0 spiro atoms. The zero-order valence-electron chi connectivity index (χ0n) is 21.1. The van der Waals surface area contributed by atoms with Crippen LogP contribution >= 0.6 is 11.8 Å². The molecule has 1 saturated carbocycles. The van der Waals surface area contributed by atoms with Crippen LogP contribution in [0.3, 0.4) is 0 Å². The average molecular weight is 541 g/mol. The monoisotopic (exact) mass is 540 g/mol. The molecule has 0 radical (unpaired) electrons. The van der Waals surface area contributed by atoms with Crippen molar-refractivity contribution in [3.63, 3.8) is 0 Å². The van der Waals surface area contributed by atoms with E-state index in [2.05, 4.69) is 6.07 Å². The Morgan fingerprint density at radius 2 is 1.65 bits per heavy atom. The number of aryl methyl sites for hydroxylation is 1. The van der Waals surface area contributed by atoms with E-state index in [1.807, 2.05) is 43.3 Å². The molecule has 0 unspecified atom stereocenters. The first-order valence-electron chi connectivity index (χ1n) is 12.4. The van der Waals surface area contributed by atoms with Crippen molar-refractivity contribution in [2.24, 2.45) is 5.92 Å². The molecular formula is C29H32O6S2. The third-order valence-corrected chi connectivity index (χ3v) is 8.53. The van der Waals surface area contributed by atoms with Crippen LogP contribution in [0, 0.1) is 12.8 Å². The molecule has 196 valence electrons. The van der Waals surface area contributed by atoms with Crippen molar-refractivity contribution in [2.75, 3.05) is 19.5 Å². The normalized spacial score (nSPS) is 14.3. The zero-order chi connectivity index (χ0) is 26.4. The van der Waals surface area contributed by atoms with Gasteiger partial charge < -0.3 is 14.6 Å². The summed E-state index contributed by atoms with van der Waals surface area (Å²) in [7, 11) is -3.27. The number of aliphatic carboxylic acids is 1. The molecule has 3 aromatic rings. The van der Waals surface area contributed by atoms with E-state index < -0.39 is 15.8 Å². The minimum absolute atomic E-state index is 0.288. The fraction of sp³-hybridized carbons (Fsp3) is 0.345. The van der Waals surface area contributed by atoms with E-state index in [4.69, 9.17) is 14.6 Å². The van der Waals surface area contributed by atoms with Crippen LogP contribution < -0.4 is 9.47 Å². The van der Waals surface area contributed by atoms with Gasteiger partial charge in [0.2, 0.25) is 0 Å². The van der Waals surface area contributed by atoms with Crippen molar-refractivity contribution < 1.29 is 27.8 Å². The zero-order valence-corrected chi connectivity index (χ0v) is 22.7. The fourth-order valence-electron chi connectivity index (χ4n) is 4.47. The van der Waals surface area contributed by atoms with Gasteiger partial charge in [-0.25, -0.2) is 13.2 Å². The van der Waals surface area contributed by atoms with Gasteiger partial charge in [0.1, 0.15) is 11.5 Å². The van der Waals surface area contributed by atoms with Crippen LogP contribution in [0.15, 0.2) is 75.4 Å². The number of ether oxygens (including phenoxy) is 2. The standard InChI is InChI=1S/C29H32O6S2/c1-20-14-25(10-13-28(20)35-19-29(30)31)36-26-16-23(22-8-11-27(12-9-22)37(2,32)33)15-24(17-26)34-18-21-6-4-3-5-7-21/h8-17,21H,3-7,18-19H2,1-2H3,(H,30,31). The van der Waals surface area contributed by atoms with Crippen molar-refractivity contribution >= 4 is 27.6 Å². The quantitative estimate of drug-likeness (QED) is 0.308. The maximum absolute atomic E-state index is 11.9. The molecule has 3 aromatic carbocycles. The molecule has 0 amide bonds. The molecular weight excluding hydrogens is 508 g/mol. The summed E-state index contributed by atoms with van der Waals surface area (Å²) in [6.45, 7) is 2.20. The Kier molecular flexibility index (Phi) is 8.82. The second kappa shape index (κ2) is 12.0. The van der Waals surface area contributed by atoms with Gasteiger partial charge in [0.05, 0.1) is 11.5 Å². The van der Waals surface area contributed by atoms with Crippen LogP contribution in [0.1, 0.15) is 37.7 Å². The highest BCUT2D eigenvalue weighted by molar-refractivity contribution is 7.99. The van der Waals surface area contributed by atoms with E-state index in [-0.39, 0.29) is 11.5 Å². The first-order chi connectivity index (χ1) is 17.7. The molecule has 1 aliphatic rings. The molecule has 0 atom stereocenters. The average Bonchev–Trinajstić information content (AvgIpc) is 2.87. The summed E-state index contributed by atoms with van der Waals surface area (Å²) in [6.07, 6.45) is 7.42. The smallest absolute Gasteiger partial charge is 0.341 e. The van der Waals surface area contributed by atoms with E-state index in [1.54, 1.807) is 30.0 Å². The van der Waals surface area contributed by atoms with Gasteiger partial charge in [0.15, 0.2) is 16.4 Å². The summed E-state index contributed by atoms with van der Waals surface area (Å²) >= 11 is 1.58. The van der Waals surface area contributed by atoms with E-state index in [1.165, 1.54) is 38.4 Å². The van der Waals surface area contributed by atoms with Gasteiger partial charge in [-0.2, -0.15) is 0 Å². The van der Waals surface area contributed by atoms with Crippen molar-refractivity contribution in [1.82, 2.24) is 0 Å². The molecule has 1 aliphatic carbocycles. The van der Waals surface area contributed by atoms with Crippen LogP contribution in [-0.2, 0) is 14.6 Å². The Bertz CT molecular complexity index is 1340. The van der Waals surface area contributed by atoms with Crippen molar-refractivity contribution in [3.05, 3.63) is 66.2 Å². The van der Waals surface area contributed by atoms with Crippen molar-refractivity contribution in [1.29, 1.82) is 0 Å². The number of hydrogen-bond acceptors (Lipinski definition) is 6. The first-order valence-corrected chi connectivity index (χ1v) is 15.1. The molecule has 8 heteroatoms. The second-order valence-corrected chi connectivity index (χ2v) is 12.7. The SMILES string of the molecule is Cc1cc(Sc2cc(OCC3CCCCC3)cc(-c3ccc(S(C)(=O)=O)cc3)c2)ccc1OCC(=O)O. The molecule has 0 saturated heterocycles. The van der Waals surface area contributed by atoms with Crippen LogP contribution in [-0.4, -0.2) is 39.0 Å². The number of sulfone groups is 1. The highest BCUT2D eigenvalue weighted by atomic mass is 32.2. The third-order valence-electron chi connectivity index (χ3n) is 6.44. The van der Waals surface area contributed by atoms with E-state index in [0.717, 1.165) is 32.2 Å². The fourth-order valence-corrected chi connectivity index (χ4v) is 6.10. The predicted molar refractivity (Wildman–Crippen MR) is 145 cm³/mol. The summed E-state index contributed by atoms with van der Waals surface area (Å²) in [4.78, 5) is 13.1. The molecule has 0 bridgehead atoms. The van der Waals surface area contributed by atoms with E-state index in [9.17, 15) is 13.2 Å². The summed E-state index contributed by atoms with van der Waals surface area (Å²) in [5, 5.41) is 8.87. The summed E-state index contributed by atoms with van der Waals surface area (Å²) < 4.78 is 35.4. The molecule has 1 N–H and O–H groups in total. The van der Waals surface area contributed by atoms with Gasteiger partial charge >= 0.3 is 5.97 Å². The van der Waals surface area contributed by atoms with Crippen LogP contribution in [0.4, 0.5) is 0 Å². The topological polar surface area (TPSA) is 89.9 Å². The predicted octanol–water partition coefficient (Wildman–Crippen LogP) is 6.64. The van der Waals surface area contributed by atoms with Crippen LogP contribution in [0.2, 0.25) is 0 Å². The van der Waals surface area contributed by atoms with Gasteiger partial charge in [-0.1, -0.05) is 43.2 Å². The summed E-state index contributed by atoms with van der Waals surface area (Å²) in [5.41, 5.74) is 2.71. The van der Waals surface area contributed by atoms with Gasteiger partial charge in [-0.05, 0) is 90.9 Å². The Balaban J connectivity index is 1.59. The Labute approximate surface area is 222 Å². The molecule has 1 fully saturated rings. The lowest BCUT2D eigenvalue weighted by Gasteiger charge is -2.22. The number of carboxylic acids is 1. The molecule has 4 rings (SSSR count). The maximum Gasteiger partial charge on any atom is 0.341 e. The first kappa shape index (κ1) is 27.1. The highest BCUT2D eigenvalue weighted by Crippen LogP contribution is 2.37. The van der Waals surface area contributed by atoms with Gasteiger partial charge in [0.25, 0.3) is 0 Å². The maximum atomic E-state index is 11.9. The number of benzene rings is 3. The number of rotatable bonds is 10. The second-order valence-electron chi connectivity index (χ2n) is 9.52. The molecule has 37 heavy (non-hydrogen) atoms. The summed E-state index contributed by atoms with van der Waals surface area (Å²) in [6, 6.07) is 18.7. The van der Waals surface area contributed by atoms with Crippen LogP contribution in [0.25, 0.3) is 11.1 Å². The Morgan fingerprint density at radius 3 is 2.30 bits per heavy atom. The lowest BCUT2D eigenvalue weighted by Crippen LogP contribution is -2.15. The Morgan fingerprint density at radius 1 is 0.919 bits per heavy atom.